The van der Waals surface area contributed by atoms with Crippen LogP contribution in [-0.2, 0) is 0 Å². The second-order valence-corrected chi connectivity index (χ2v) is 6.57. The summed E-state index contributed by atoms with van der Waals surface area (Å²) in [5.41, 5.74) is 1.12. The van der Waals surface area contributed by atoms with Crippen molar-refractivity contribution in [3.63, 3.8) is 0 Å². The smallest absolute Gasteiger partial charge is 0.120 e. The highest BCUT2D eigenvalue weighted by atomic mass is 32.1. The van der Waals surface area contributed by atoms with Gasteiger partial charge in [0, 0.05) is 11.0 Å². The first kappa shape index (κ1) is 15.8. The molecule has 0 amide bonds. The summed E-state index contributed by atoms with van der Waals surface area (Å²) in [5.74, 6) is 0.969. The van der Waals surface area contributed by atoms with E-state index in [1.54, 1.807) is 11.3 Å². The molecule has 2 rings (SSSR count). The first-order valence-corrected chi connectivity index (χ1v) is 8.42. The molecule has 2 aromatic rings. The maximum absolute atomic E-state index is 6.17. The van der Waals surface area contributed by atoms with Crippen molar-refractivity contribution in [2.75, 3.05) is 0 Å². The van der Waals surface area contributed by atoms with Crippen LogP contribution in [0.15, 0.2) is 43.5 Å². The minimum Gasteiger partial charge on any atom is -0.490 e. The minimum atomic E-state index is 0. The first-order valence-electron chi connectivity index (χ1n) is 7.61. The fourth-order valence-corrected chi connectivity index (χ4v) is 3.35. The third-order valence-corrected chi connectivity index (χ3v) is 4.79. The van der Waals surface area contributed by atoms with Crippen LogP contribution in [0.2, 0.25) is 0 Å². The summed E-state index contributed by atoms with van der Waals surface area (Å²) in [4.78, 5) is 1.25. The molecule has 1 atom stereocenters. The SMILES string of the molecule is C=CCCC(CCC)Oc1ccc2sc(C(=C)C)cc2c1.[HH]. The van der Waals surface area contributed by atoms with E-state index in [1.807, 2.05) is 6.08 Å². The number of thiophene rings is 1. The van der Waals surface area contributed by atoms with Gasteiger partial charge in [-0.2, -0.15) is 0 Å². The first-order chi connectivity index (χ1) is 10.1. The van der Waals surface area contributed by atoms with E-state index in [4.69, 9.17) is 4.74 Å². The lowest BCUT2D eigenvalue weighted by atomic mass is 10.1. The number of benzene rings is 1. The molecular formula is C19H26OS. The second-order valence-electron chi connectivity index (χ2n) is 5.49. The summed E-state index contributed by atoms with van der Waals surface area (Å²) in [5, 5.41) is 1.24. The van der Waals surface area contributed by atoms with E-state index in [0.29, 0.717) is 0 Å². The summed E-state index contributed by atoms with van der Waals surface area (Å²) in [6, 6.07) is 8.58. The van der Waals surface area contributed by atoms with E-state index in [9.17, 15) is 0 Å². The molecular weight excluding hydrogens is 276 g/mol. The van der Waals surface area contributed by atoms with Gasteiger partial charge in [-0.15, -0.1) is 17.9 Å². The van der Waals surface area contributed by atoms with Crippen LogP contribution in [0.4, 0.5) is 0 Å². The van der Waals surface area contributed by atoms with Crippen molar-refractivity contribution in [2.24, 2.45) is 0 Å². The molecule has 2 heteroatoms. The summed E-state index contributed by atoms with van der Waals surface area (Å²) in [6.45, 7) is 12.1. The van der Waals surface area contributed by atoms with Crippen LogP contribution in [0.1, 0.15) is 45.8 Å². The Balaban J connectivity index is 0.00000242. The van der Waals surface area contributed by atoms with Gasteiger partial charge in [-0.1, -0.05) is 26.0 Å². The number of allylic oxidation sites excluding steroid dienone is 2. The Hall–Kier alpha value is -1.54. The van der Waals surface area contributed by atoms with E-state index in [1.165, 1.54) is 15.0 Å². The van der Waals surface area contributed by atoms with E-state index < -0.39 is 0 Å². The molecule has 0 aliphatic rings. The lowest BCUT2D eigenvalue weighted by molar-refractivity contribution is 0.181. The monoisotopic (exact) mass is 302 g/mol. The van der Waals surface area contributed by atoms with Crippen LogP contribution in [0.5, 0.6) is 5.75 Å². The van der Waals surface area contributed by atoms with Crippen molar-refractivity contribution in [3.8, 4) is 5.75 Å². The number of rotatable bonds is 8. The Kier molecular flexibility index (Phi) is 5.63. The Morgan fingerprint density at radius 1 is 1.38 bits per heavy atom. The topological polar surface area (TPSA) is 9.23 Å². The van der Waals surface area contributed by atoms with Gasteiger partial charge in [0.2, 0.25) is 0 Å². The van der Waals surface area contributed by atoms with Gasteiger partial charge in [-0.3, -0.25) is 0 Å². The predicted octanol–water partition coefficient (Wildman–Crippen LogP) is 6.69. The maximum atomic E-state index is 6.17. The lowest BCUT2D eigenvalue weighted by Gasteiger charge is -2.18. The van der Waals surface area contributed by atoms with Crippen LogP contribution in [-0.4, -0.2) is 6.10 Å². The Bertz CT molecular complexity index is 629. The highest BCUT2D eigenvalue weighted by Crippen LogP contribution is 2.32. The Labute approximate surface area is 133 Å². The highest BCUT2D eigenvalue weighted by molar-refractivity contribution is 7.20. The molecule has 0 spiro atoms. The van der Waals surface area contributed by atoms with Crippen molar-refractivity contribution >= 4 is 27.0 Å². The van der Waals surface area contributed by atoms with Gasteiger partial charge in [-0.25, -0.2) is 0 Å². The molecule has 0 aliphatic heterocycles. The zero-order valence-electron chi connectivity index (χ0n) is 13.0. The quantitative estimate of drug-likeness (QED) is 0.493. The molecule has 0 aliphatic carbocycles. The fraction of sp³-hybridized carbons (Fsp3) is 0.368. The molecule has 1 nitrogen and oxygen atoms in total. The van der Waals surface area contributed by atoms with Gasteiger partial charge >= 0.3 is 0 Å². The number of ether oxygens (including phenoxy) is 1. The average Bonchev–Trinajstić information content (AvgIpc) is 2.88. The molecule has 21 heavy (non-hydrogen) atoms. The molecule has 1 aromatic carbocycles. The van der Waals surface area contributed by atoms with Crippen LogP contribution < -0.4 is 4.74 Å². The summed E-state index contributed by atoms with van der Waals surface area (Å²) in [7, 11) is 0. The van der Waals surface area contributed by atoms with Gasteiger partial charge in [0.25, 0.3) is 0 Å². The average molecular weight is 302 g/mol. The van der Waals surface area contributed by atoms with Crippen LogP contribution in [0.25, 0.3) is 15.7 Å². The number of hydrogen-bond donors (Lipinski definition) is 0. The predicted molar refractivity (Wildman–Crippen MR) is 97.4 cm³/mol. The minimum absolute atomic E-state index is 0. The summed E-state index contributed by atoms with van der Waals surface area (Å²) in [6.07, 6.45) is 6.52. The van der Waals surface area contributed by atoms with Gasteiger partial charge in [0.15, 0.2) is 0 Å². The largest absolute Gasteiger partial charge is 0.490 e. The van der Waals surface area contributed by atoms with E-state index in [2.05, 4.69) is 51.3 Å². The van der Waals surface area contributed by atoms with E-state index >= 15 is 0 Å². The zero-order chi connectivity index (χ0) is 15.2. The van der Waals surface area contributed by atoms with Gasteiger partial charge in [-0.05, 0) is 61.4 Å². The summed E-state index contributed by atoms with van der Waals surface area (Å²) < 4.78 is 7.46. The van der Waals surface area contributed by atoms with Crippen molar-refractivity contribution in [1.29, 1.82) is 0 Å². The van der Waals surface area contributed by atoms with Crippen molar-refractivity contribution in [2.45, 2.75) is 45.6 Å². The zero-order valence-corrected chi connectivity index (χ0v) is 13.8. The van der Waals surface area contributed by atoms with Crippen molar-refractivity contribution in [1.82, 2.24) is 0 Å². The normalized spacial score (nSPS) is 12.3. The van der Waals surface area contributed by atoms with Crippen LogP contribution in [0.3, 0.4) is 0 Å². The molecule has 0 saturated carbocycles. The maximum Gasteiger partial charge on any atom is 0.120 e. The van der Waals surface area contributed by atoms with Crippen molar-refractivity contribution < 1.29 is 6.16 Å². The van der Waals surface area contributed by atoms with Gasteiger partial charge < -0.3 is 4.74 Å². The molecule has 0 radical (unpaired) electrons. The molecule has 0 fully saturated rings. The molecule has 1 heterocycles. The standard InChI is InChI=1S/C19H24OS.H2/c1-5-7-9-16(8-6-2)20-17-10-11-18-15(12-17)13-19(21-18)14(3)4;/h5,10-13,16H,1,3,6-9H2,2,4H3;1H. The third kappa shape index (κ3) is 4.21. The van der Waals surface area contributed by atoms with Gasteiger partial charge in [0.05, 0.1) is 6.10 Å². The van der Waals surface area contributed by atoms with Crippen LogP contribution in [0, 0.1) is 0 Å². The highest BCUT2D eigenvalue weighted by Gasteiger charge is 2.10. The fourth-order valence-electron chi connectivity index (χ4n) is 2.39. The molecule has 114 valence electrons. The molecule has 0 N–H and O–H groups in total. The summed E-state index contributed by atoms with van der Waals surface area (Å²) >= 11 is 1.79. The van der Waals surface area contributed by atoms with E-state index in [0.717, 1.165) is 37.0 Å². The Morgan fingerprint density at radius 3 is 2.86 bits per heavy atom. The second kappa shape index (κ2) is 7.46. The number of hydrogen-bond acceptors (Lipinski definition) is 2. The molecule has 1 unspecified atom stereocenters. The molecule has 0 saturated heterocycles. The van der Waals surface area contributed by atoms with E-state index in [-0.39, 0.29) is 7.53 Å². The third-order valence-electron chi connectivity index (χ3n) is 3.51. The van der Waals surface area contributed by atoms with Gasteiger partial charge in [0.1, 0.15) is 5.75 Å². The Morgan fingerprint density at radius 2 is 2.19 bits per heavy atom. The van der Waals surface area contributed by atoms with Crippen molar-refractivity contribution in [3.05, 3.63) is 48.4 Å². The number of fused-ring (bicyclic) bond motifs is 1. The molecule has 0 bridgehead atoms. The lowest BCUT2D eigenvalue weighted by Crippen LogP contribution is -2.15. The molecule has 1 aromatic heterocycles. The van der Waals surface area contributed by atoms with Crippen LogP contribution >= 0.6 is 11.3 Å².